The zero-order valence-corrected chi connectivity index (χ0v) is 7.18. The summed E-state index contributed by atoms with van der Waals surface area (Å²) in [5.41, 5.74) is 3.48. The molecule has 1 aromatic carbocycles. The van der Waals surface area contributed by atoms with Gasteiger partial charge in [0.15, 0.2) is 5.88 Å². The van der Waals surface area contributed by atoms with Crippen LogP contribution in [0.2, 0.25) is 0 Å². The van der Waals surface area contributed by atoms with E-state index in [9.17, 15) is 5.11 Å². The third kappa shape index (κ3) is 0.881. The molecule has 2 N–H and O–H groups in total. The number of benzene rings is 1. The van der Waals surface area contributed by atoms with Crippen LogP contribution in [0.5, 0.6) is 5.88 Å². The molecule has 2 aromatic rings. The highest BCUT2D eigenvalue weighted by Gasteiger charge is 2.02. The number of aryl methyl sites for hydroxylation is 2. The van der Waals surface area contributed by atoms with Gasteiger partial charge in [0.05, 0.1) is 5.52 Å². The predicted molar refractivity (Wildman–Crippen MR) is 49.4 cm³/mol. The molecule has 0 radical (unpaired) electrons. The first-order chi connectivity index (χ1) is 5.68. The number of fused-ring (bicyclic) bond motifs is 1. The smallest absolute Gasteiger partial charge is 0.189 e. The Labute approximate surface area is 70.8 Å². The van der Waals surface area contributed by atoms with Crippen molar-refractivity contribution in [3.63, 3.8) is 0 Å². The molecule has 2 nitrogen and oxygen atoms in total. The van der Waals surface area contributed by atoms with Crippen LogP contribution in [-0.2, 0) is 0 Å². The predicted octanol–water partition coefficient (Wildman–Crippen LogP) is 2.49. The van der Waals surface area contributed by atoms with Gasteiger partial charge in [-0.15, -0.1) is 0 Å². The Kier molecular flexibility index (Phi) is 1.37. The van der Waals surface area contributed by atoms with Gasteiger partial charge in [0.25, 0.3) is 0 Å². The normalized spacial score (nSPS) is 10.8. The topological polar surface area (TPSA) is 36.0 Å². The fourth-order valence-electron chi connectivity index (χ4n) is 1.43. The second-order valence-corrected chi connectivity index (χ2v) is 3.13. The van der Waals surface area contributed by atoms with Crippen molar-refractivity contribution in [3.8, 4) is 5.88 Å². The van der Waals surface area contributed by atoms with Gasteiger partial charge in [-0.2, -0.15) is 0 Å². The lowest BCUT2D eigenvalue weighted by molar-refractivity contribution is 0.458. The summed E-state index contributed by atoms with van der Waals surface area (Å²) in [4.78, 5) is 2.92. The van der Waals surface area contributed by atoms with E-state index in [-0.39, 0.29) is 5.88 Å². The molecule has 0 fully saturated rings. The number of hydrogen-bond donors (Lipinski definition) is 2. The van der Waals surface area contributed by atoms with E-state index in [1.54, 1.807) is 6.07 Å². The number of aromatic amines is 1. The SMILES string of the molecule is Cc1ccc2cc(O)[nH]c2c1C. The number of aromatic nitrogens is 1. The van der Waals surface area contributed by atoms with Crippen molar-refractivity contribution in [3.05, 3.63) is 29.3 Å². The molecule has 0 aliphatic carbocycles. The van der Waals surface area contributed by atoms with E-state index in [1.165, 1.54) is 11.1 Å². The highest BCUT2D eigenvalue weighted by atomic mass is 16.3. The summed E-state index contributed by atoms with van der Waals surface area (Å²) >= 11 is 0. The fraction of sp³-hybridized carbons (Fsp3) is 0.200. The molecule has 0 bridgehead atoms. The second-order valence-electron chi connectivity index (χ2n) is 3.13. The van der Waals surface area contributed by atoms with Gasteiger partial charge in [-0.25, -0.2) is 0 Å². The lowest BCUT2D eigenvalue weighted by Crippen LogP contribution is -1.81. The first-order valence-corrected chi connectivity index (χ1v) is 3.96. The molecule has 0 saturated heterocycles. The molecule has 12 heavy (non-hydrogen) atoms. The zero-order chi connectivity index (χ0) is 8.72. The van der Waals surface area contributed by atoms with Crippen LogP contribution in [0.25, 0.3) is 10.9 Å². The van der Waals surface area contributed by atoms with Crippen LogP contribution in [0.1, 0.15) is 11.1 Å². The minimum atomic E-state index is 0.235. The molecule has 0 atom stereocenters. The third-order valence-electron chi connectivity index (χ3n) is 2.31. The Morgan fingerprint density at radius 2 is 2.00 bits per heavy atom. The van der Waals surface area contributed by atoms with Crippen LogP contribution in [-0.4, -0.2) is 10.1 Å². The molecule has 1 aromatic heterocycles. The maximum atomic E-state index is 9.22. The molecule has 2 rings (SSSR count). The van der Waals surface area contributed by atoms with Gasteiger partial charge < -0.3 is 10.1 Å². The van der Waals surface area contributed by atoms with Gasteiger partial charge in [-0.05, 0) is 25.0 Å². The van der Waals surface area contributed by atoms with Crippen LogP contribution in [0, 0.1) is 13.8 Å². The number of hydrogen-bond acceptors (Lipinski definition) is 1. The fourth-order valence-corrected chi connectivity index (χ4v) is 1.43. The highest BCUT2D eigenvalue weighted by Crippen LogP contribution is 2.24. The Morgan fingerprint density at radius 3 is 2.75 bits per heavy atom. The Bertz CT molecular complexity index is 429. The lowest BCUT2D eigenvalue weighted by Gasteiger charge is -1.99. The van der Waals surface area contributed by atoms with Gasteiger partial charge in [-0.1, -0.05) is 12.1 Å². The molecular formula is C10H11NO. The molecule has 2 heteroatoms. The van der Waals surface area contributed by atoms with E-state index in [0.717, 1.165) is 10.9 Å². The van der Waals surface area contributed by atoms with E-state index >= 15 is 0 Å². The molecule has 1 heterocycles. The summed E-state index contributed by atoms with van der Waals surface area (Å²) in [6.45, 7) is 4.11. The maximum Gasteiger partial charge on any atom is 0.189 e. The minimum Gasteiger partial charge on any atom is -0.495 e. The lowest BCUT2D eigenvalue weighted by atomic mass is 10.1. The first kappa shape index (κ1) is 7.22. The van der Waals surface area contributed by atoms with Gasteiger partial charge >= 0.3 is 0 Å². The van der Waals surface area contributed by atoms with Crippen molar-refractivity contribution in [2.45, 2.75) is 13.8 Å². The molecule has 0 amide bonds. The number of rotatable bonds is 0. The van der Waals surface area contributed by atoms with Gasteiger partial charge in [0, 0.05) is 11.5 Å². The Morgan fingerprint density at radius 1 is 1.25 bits per heavy atom. The summed E-state index contributed by atoms with van der Waals surface area (Å²) in [5.74, 6) is 0.235. The van der Waals surface area contributed by atoms with Gasteiger partial charge in [0.2, 0.25) is 0 Å². The molecule has 0 saturated carbocycles. The van der Waals surface area contributed by atoms with E-state index in [0.29, 0.717) is 0 Å². The molecule has 0 spiro atoms. The monoisotopic (exact) mass is 161 g/mol. The van der Waals surface area contributed by atoms with Crippen molar-refractivity contribution >= 4 is 10.9 Å². The summed E-state index contributed by atoms with van der Waals surface area (Å²) in [6.07, 6.45) is 0. The van der Waals surface area contributed by atoms with Crippen molar-refractivity contribution in [2.24, 2.45) is 0 Å². The van der Waals surface area contributed by atoms with Crippen molar-refractivity contribution in [1.29, 1.82) is 0 Å². The van der Waals surface area contributed by atoms with E-state index in [4.69, 9.17) is 0 Å². The number of H-pyrrole nitrogens is 1. The minimum absolute atomic E-state index is 0.235. The average molecular weight is 161 g/mol. The molecule has 0 aliphatic rings. The maximum absolute atomic E-state index is 9.22. The van der Waals surface area contributed by atoms with Gasteiger partial charge in [-0.3, -0.25) is 0 Å². The first-order valence-electron chi connectivity index (χ1n) is 3.96. The van der Waals surface area contributed by atoms with Crippen molar-refractivity contribution in [1.82, 2.24) is 4.98 Å². The Hall–Kier alpha value is -1.44. The van der Waals surface area contributed by atoms with Crippen LogP contribution >= 0.6 is 0 Å². The van der Waals surface area contributed by atoms with Crippen molar-refractivity contribution < 1.29 is 5.11 Å². The zero-order valence-electron chi connectivity index (χ0n) is 7.18. The number of aromatic hydroxyl groups is 1. The van der Waals surface area contributed by atoms with Gasteiger partial charge in [0.1, 0.15) is 0 Å². The summed E-state index contributed by atoms with van der Waals surface area (Å²) < 4.78 is 0. The van der Waals surface area contributed by atoms with E-state index in [1.807, 2.05) is 13.0 Å². The Balaban J connectivity index is 2.89. The van der Waals surface area contributed by atoms with Crippen LogP contribution in [0.4, 0.5) is 0 Å². The molecule has 0 unspecified atom stereocenters. The molecular weight excluding hydrogens is 150 g/mol. The largest absolute Gasteiger partial charge is 0.495 e. The number of nitrogens with one attached hydrogen (secondary N) is 1. The molecule has 0 aliphatic heterocycles. The summed E-state index contributed by atoms with van der Waals surface area (Å²) in [6, 6.07) is 5.81. The summed E-state index contributed by atoms with van der Waals surface area (Å²) in [5, 5.41) is 10.3. The van der Waals surface area contributed by atoms with E-state index < -0.39 is 0 Å². The van der Waals surface area contributed by atoms with Crippen LogP contribution in [0.3, 0.4) is 0 Å². The van der Waals surface area contributed by atoms with E-state index in [2.05, 4.69) is 18.0 Å². The second kappa shape index (κ2) is 2.27. The highest BCUT2D eigenvalue weighted by molar-refractivity contribution is 5.85. The molecule has 62 valence electrons. The third-order valence-corrected chi connectivity index (χ3v) is 2.31. The quantitative estimate of drug-likeness (QED) is 0.611. The van der Waals surface area contributed by atoms with Crippen LogP contribution in [0.15, 0.2) is 18.2 Å². The van der Waals surface area contributed by atoms with Crippen LogP contribution < -0.4 is 0 Å². The summed E-state index contributed by atoms with van der Waals surface area (Å²) in [7, 11) is 0. The van der Waals surface area contributed by atoms with Crippen molar-refractivity contribution in [2.75, 3.05) is 0 Å². The average Bonchev–Trinajstić information content (AvgIpc) is 2.39. The standard InChI is InChI=1S/C10H11NO/c1-6-3-4-8-5-9(12)11-10(8)7(6)2/h3-5,11-12H,1-2H3.